The van der Waals surface area contributed by atoms with Gasteiger partial charge in [0.05, 0.1) is 5.25 Å². The monoisotopic (exact) mass is 374 g/mol. The summed E-state index contributed by atoms with van der Waals surface area (Å²) in [5.41, 5.74) is 1.63. The van der Waals surface area contributed by atoms with Crippen LogP contribution < -0.4 is 5.56 Å². The molecule has 1 aliphatic rings. The standard InChI is InChI=1S/C20H26N2O3S/c1-26(24,25)19(17-6-3-2-4-7-17)14-16-9-12-22(13-10-16)15-18-8-5-11-21-20(18)23/h2-8,11,16,19H,9-10,12-15H2,1H3,(H,21,23). The molecule has 0 bridgehead atoms. The van der Waals surface area contributed by atoms with E-state index in [0.29, 0.717) is 18.9 Å². The van der Waals surface area contributed by atoms with Gasteiger partial charge < -0.3 is 4.98 Å². The Morgan fingerprint density at radius 2 is 1.81 bits per heavy atom. The molecule has 1 N–H and O–H groups in total. The number of rotatable bonds is 6. The zero-order valence-electron chi connectivity index (χ0n) is 15.1. The molecule has 5 nitrogen and oxygen atoms in total. The van der Waals surface area contributed by atoms with Crippen LogP contribution in [-0.4, -0.2) is 37.6 Å². The van der Waals surface area contributed by atoms with Gasteiger partial charge in [0.15, 0.2) is 9.84 Å². The van der Waals surface area contributed by atoms with E-state index in [4.69, 9.17) is 0 Å². The van der Waals surface area contributed by atoms with Gasteiger partial charge in [-0.15, -0.1) is 0 Å². The van der Waals surface area contributed by atoms with Crippen LogP contribution in [0.2, 0.25) is 0 Å². The number of aromatic nitrogens is 1. The first-order valence-corrected chi connectivity index (χ1v) is 11.0. The number of piperidine rings is 1. The fourth-order valence-corrected chi connectivity index (χ4v) is 5.00. The van der Waals surface area contributed by atoms with Gasteiger partial charge in [-0.1, -0.05) is 36.4 Å². The topological polar surface area (TPSA) is 70.2 Å². The van der Waals surface area contributed by atoms with Crippen LogP contribution in [0.3, 0.4) is 0 Å². The van der Waals surface area contributed by atoms with Crippen molar-refractivity contribution in [1.82, 2.24) is 9.88 Å². The van der Waals surface area contributed by atoms with E-state index in [1.807, 2.05) is 42.5 Å². The number of pyridine rings is 1. The van der Waals surface area contributed by atoms with Crippen molar-refractivity contribution >= 4 is 9.84 Å². The first-order valence-electron chi connectivity index (χ1n) is 9.06. The molecular weight excluding hydrogens is 348 g/mol. The molecule has 1 saturated heterocycles. The largest absolute Gasteiger partial charge is 0.329 e. The summed E-state index contributed by atoms with van der Waals surface area (Å²) in [4.78, 5) is 16.8. The molecule has 2 heterocycles. The van der Waals surface area contributed by atoms with Crippen molar-refractivity contribution < 1.29 is 8.42 Å². The highest BCUT2D eigenvalue weighted by atomic mass is 32.2. The Hall–Kier alpha value is -1.92. The van der Waals surface area contributed by atoms with Gasteiger partial charge in [-0.05, 0) is 49.9 Å². The minimum atomic E-state index is -3.14. The average molecular weight is 375 g/mol. The minimum absolute atomic E-state index is 0.0316. The van der Waals surface area contributed by atoms with Crippen molar-refractivity contribution in [1.29, 1.82) is 0 Å². The van der Waals surface area contributed by atoms with Gasteiger partial charge in [-0.25, -0.2) is 8.42 Å². The molecule has 1 fully saturated rings. The van der Waals surface area contributed by atoms with Gasteiger partial charge >= 0.3 is 0 Å². The Bertz CT molecular complexity index is 869. The maximum atomic E-state index is 12.3. The molecule has 0 saturated carbocycles. The number of sulfone groups is 1. The first kappa shape index (κ1) is 18.9. The lowest BCUT2D eigenvalue weighted by molar-refractivity contribution is 0.171. The molecule has 6 heteroatoms. The zero-order chi connectivity index (χ0) is 18.6. The van der Waals surface area contributed by atoms with Gasteiger partial charge in [0.25, 0.3) is 5.56 Å². The molecule has 0 spiro atoms. The van der Waals surface area contributed by atoms with Crippen LogP contribution in [0.15, 0.2) is 53.5 Å². The second kappa shape index (κ2) is 8.18. The van der Waals surface area contributed by atoms with Crippen LogP contribution >= 0.6 is 0 Å². The predicted octanol–water partition coefficient (Wildman–Crippen LogP) is 2.76. The summed E-state index contributed by atoms with van der Waals surface area (Å²) >= 11 is 0. The quantitative estimate of drug-likeness (QED) is 0.844. The second-order valence-corrected chi connectivity index (χ2v) is 9.44. The molecule has 2 aromatic rings. The molecule has 1 aliphatic heterocycles. The number of hydrogen-bond acceptors (Lipinski definition) is 4. The third-order valence-electron chi connectivity index (χ3n) is 5.24. The predicted molar refractivity (Wildman–Crippen MR) is 104 cm³/mol. The summed E-state index contributed by atoms with van der Waals surface area (Å²) in [5.74, 6) is 0.389. The summed E-state index contributed by atoms with van der Waals surface area (Å²) in [6, 6.07) is 13.2. The highest BCUT2D eigenvalue weighted by Crippen LogP contribution is 2.33. The first-order chi connectivity index (χ1) is 12.4. The van der Waals surface area contributed by atoms with Gasteiger partial charge in [0, 0.05) is 24.6 Å². The average Bonchev–Trinajstić information content (AvgIpc) is 2.63. The zero-order valence-corrected chi connectivity index (χ0v) is 15.9. The van der Waals surface area contributed by atoms with E-state index in [9.17, 15) is 13.2 Å². The fourth-order valence-electron chi connectivity index (χ4n) is 3.73. The number of likely N-dealkylation sites (tertiary alicyclic amines) is 1. The minimum Gasteiger partial charge on any atom is -0.329 e. The van der Waals surface area contributed by atoms with Crippen molar-refractivity contribution in [3.05, 3.63) is 70.1 Å². The highest BCUT2D eigenvalue weighted by Gasteiger charge is 2.29. The number of nitrogens with one attached hydrogen (secondary N) is 1. The molecule has 26 heavy (non-hydrogen) atoms. The lowest BCUT2D eigenvalue weighted by Gasteiger charge is -2.33. The maximum absolute atomic E-state index is 12.3. The fraction of sp³-hybridized carbons (Fsp3) is 0.450. The van der Waals surface area contributed by atoms with Crippen LogP contribution in [0.5, 0.6) is 0 Å². The van der Waals surface area contributed by atoms with Crippen LogP contribution in [0.25, 0.3) is 0 Å². The highest BCUT2D eigenvalue weighted by molar-refractivity contribution is 7.90. The third-order valence-corrected chi connectivity index (χ3v) is 6.73. The number of aromatic amines is 1. The van der Waals surface area contributed by atoms with E-state index in [0.717, 1.165) is 37.1 Å². The Balaban J connectivity index is 1.60. The molecule has 3 rings (SSSR count). The van der Waals surface area contributed by atoms with Crippen molar-refractivity contribution in [2.45, 2.75) is 31.1 Å². The van der Waals surface area contributed by atoms with E-state index in [1.54, 1.807) is 6.20 Å². The van der Waals surface area contributed by atoms with Crippen molar-refractivity contribution in [3.63, 3.8) is 0 Å². The Labute approximate surface area is 155 Å². The molecular formula is C20H26N2O3S. The Kier molecular flexibility index (Phi) is 5.94. The molecule has 0 amide bonds. The number of H-pyrrole nitrogens is 1. The lowest BCUT2D eigenvalue weighted by Crippen LogP contribution is -2.35. The number of nitrogens with zero attached hydrogens (tertiary/aromatic N) is 1. The maximum Gasteiger partial charge on any atom is 0.252 e. The summed E-state index contributed by atoms with van der Waals surface area (Å²) in [7, 11) is -3.14. The molecule has 1 unspecified atom stereocenters. The molecule has 0 aliphatic carbocycles. The summed E-state index contributed by atoms with van der Waals surface area (Å²) in [5, 5.41) is -0.433. The van der Waals surface area contributed by atoms with Gasteiger partial charge in [-0.3, -0.25) is 9.69 Å². The van der Waals surface area contributed by atoms with E-state index in [2.05, 4.69) is 9.88 Å². The summed E-state index contributed by atoms with van der Waals surface area (Å²) < 4.78 is 24.6. The third kappa shape index (κ3) is 4.83. The van der Waals surface area contributed by atoms with Crippen LogP contribution in [0, 0.1) is 5.92 Å². The van der Waals surface area contributed by atoms with Crippen LogP contribution in [0.1, 0.15) is 35.6 Å². The molecule has 1 aromatic carbocycles. The molecule has 140 valence electrons. The lowest BCUT2D eigenvalue weighted by atomic mass is 9.90. The van der Waals surface area contributed by atoms with Crippen molar-refractivity contribution in [2.75, 3.05) is 19.3 Å². The van der Waals surface area contributed by atoms with Crippen LogP contribution in [0.4, 0.5) is 0 Å². The van der Waals surface area contributed by atoms with Gasteiger partial charge in [0.2, 0.25) is 0 Å². The normalized spacial score (nSPS) is 17.9. The smallest absolute Gasteiger partial charge is 0.252 e. The van der Waals surface area contributed by atoms with E-state index in [1.165, 1.54) is 6.26 Å². The van der Waals surface area contributed by atoms with Crippen molar-refractivity contribution in [3.8, 4) is 0 Å². The van der Waals surface area contributed by atoms with Gasteiger partial charge in [-0.2, -0.15) is 0 Å². The van der Waals surface area contributed by atoms with Crippen molar-refractivity contribution in [2.24, 2.45) is 5.92 Å². The van der Waals surface area contributed by atoms with Crippen LogP contribution in [-0.2, 0) is 16.4 Å². The molecule has 0 radical (unpaired) electrons. The second-order valence-electron chi connectivity index (χ2n) is 7.21. The van der Waals surface area contributed by atoms with E-state index in [-0.39, 0.29) is 5.56 Å². The summed E-state index contributed by atoms with van der Waals surface area (Å²) in [6.07, 6.45) is 5.57. The van der Waals surface area contributed by atoms with E-state index < -0.39 is 15.1 Å². The molecule has 1 aromatic heterocycles. The summed E-state index contributed by atoms with van der Waals surface area (Å²) in [6.45, 7) is 2.44. The number of hydrogen-bond donors (Lipinski definition) is 1. The Morgan fingerprint density at radius 3 is 2.42 bits per heavy atom. The molecule has 1 atom stereocenters. The number of benzene rings is 1. The van der Waals surface area contributed by atoms with E-state index >= 15 is 0 Å². The van der Waals surface area contributed by atoms with Gasteiger partial charge in [0.1, 0.15) is 0 Å². The Morgan fingerprint density at radius 1 is 1.12 bits per heavy atom. The SMILES string of the molecule is CS(=O)(=O)C(CC1CCN(Cc2ccc[nH]c2=O)CC1)c1ccccc1.